The first kappa shape index (κ1) is 36.2. The van der Waals surface area contributed by atoms with Crippen LogP contribution in [0.2, 0.25) is 0 Å². The fourth-order valence-electron chi connectivity index (χ4n) is 12.1. The summed E-state index contributed by atoms with van der Waals surface area (Å²) in [6.07, 6.45) is -5.35. The zero-order chi connectivity index (χ0) is 35.6. The maximum atomic E-state index is 14.4. The fourth-order valence-corrected chi connectivity index (χ4v) is 12.1. The summed E-state index contributed by atoms with van der Waals surface area (Å²) in [5, 5.41) is 85.7. The van der Waals surface area contributed by atoms with Crippen molar-refractivity contribution in [3.63, 3.8) is 0 Å². The molecule has 0 radical (unpaired) electrons. The third-order valence-electron chi connectivity index (χ3n) is 15.4. The maximum absolute atomic E-state index is 14.4. The lowest BCUT2D eigenvalue weighted by molar-refractivity contribution is -0.298. The van der Waals surface area contributed by atoms with Crippen molar-refractivity contribution in [1.82, 2.24) is 0 Å². The quantitative estimate of drug-likeness (QED) is 0.157. The number of carboxylic acid groups (broad SMARTS) is 1. The van der Waals surface area contributed by atoms with Gasteiger partial charge in [-0.1, -0.05) is 46.3 Å². The Morgan fingerprint density at radius 1 is 0.854 bits per heavy atom. The van der Waals surface area contributed by atoms with E-state index in [4.69, 9.17) is 9.47 Å². The number of rotatable bonds is 4. The van der Waals surface area contributed by atoms with E-state index in [0.29, 0.717) is 44.9 Å². The van der Waals surface area contributed by atoms with E-state index < -0.39 is 106 Å². The molecule has 0 spiro atoms. The van der Waals surface area contributed by atoms with Crippen molar-refractivity contribution >= 4 is 11.9 Å². The highest BCUT2D eigenvalue weighted by Crippen LogP contribution is 2.76. The van der Waals surface area contributed by atoms with Crippen molar-refractivity contribution < 1.29 is 59.9 Å². The standard InChI is InChI=1S/C36H56O12/c1-31(2)11-13-36(30(46)48-28-25(41)24(40)23(39)19(16-37)47-28)14-12-33(4)17(22(36)27(31)43)7-8-20-32(3)15-18(38)26(42)35(6,29(44)45)21(32)9-10-34(20,33)5/h7,18-28,37-43H,8-16H2,1-6H3,(H,44,45)/t18-,19-,20-,21-,22-,23-,24+,25-,26+,27+,28+,32-,33-,34-,35-,36+/m1/s1. The molecule has 1 aliphatic heterocycles. The third kappa shape index (κ3) is 4.55. The van der Waals surface area contributed by atoms with Gasteiger partial charge < -0.3 is 50.3 Å². The minimum Gasteiger partial charge on any atom is -0.481 e. The van der Waals surface area contributed by atoms with Gasteiger partial charge in [0.05, 0.1) is 35.7 Å². The van der Waals surface area contributed by atoms with Crippen LogP contribution in [-0.4, -0.2) is 108 Å². The van der Waals surface area contributed by atoms with Crippen molar-refractivity contribution in [2.45, 2.75) is 142 Å². The smallest absolute Gasteiger partial charge is 0.315 e. The minimum absolute atomic E-state index is 0.0411. The van der Waals surface area contributed by atoms with Crippen LogP contribution in [0.5, 0.6) is 0 Å². The summed E-state index contributed by atoms with van der Waals surface area (Å²) in [7, 11) is 0. The molecule has 6 rings (SSSR count). The number of aliphatic carboxylic acids is 1. The predicted molar refractivity (Wildman–Crippen MR) is 170 cm³/mol. The topological polar surface area (TPSA) is 214 Å². The van der Waals surface area contributed by atoms with Gasteiger partial charge in [-0.15, -0.1) is 0 Å². The highest BCUT2D eigenvalue weighted by atomic mass is 16.7. The first-order valence-corrected chi connectivity index (χ1v) is 17.7. The van der Waals surface area contributed by atoms with E-state index in [1.165, 1.54) is 0 Å². The molecule has 0 aromatic rings. The largest absolute Gasteiger partial charge is 0.481 e. The molecule has 0 aromatic carbocycles. The molecule has 6 aliphatic rings. The lowest BCUT2D eigenvalue weighted by Crippen LogP contribution is -2.69. The van der Waals surface area contributed by atoms with Crippen LogP contribution in [0.3, 0.4) is 0 Å². The summed E-state index contributed by atoms with van der Waals surface area (Å²) in [4.78, 5) is 27.2. The van der Waals surface area contributed by atoms with Crippen LogP contribution >= 0.6 is 0 Å². The molecule has 16 atom stereocenters. The van der Waals surface area contributed by atoms with Crippen LogP contribution in [0, 0.1) is 50.2 Å². The van der Waals surface area contributed by atoms with Crippen LogP contribution in [-0.2, 0) is 19.1 Å². The van der Waals surface area contributed by atoms with Crippen LogP contribution in [0.25, 0.3) is 0 Å². The van der Waals surface area contributed by atoms with Gasteiger partial charge in [0.1, 0.15) is 24.4 Å². The number of carbonyl (C=O) groups excluding carboxylic acids is 1. The maximum Gasteiger partial charge on any atom is 0.315 e. The van der Waals surface area contributed by atoms with Crippen molar-refractivity contribution in [3.8, 4) is 0 Å². The van der Waals surface area contributed by atoms with Gasteiger partial charge >= 0.3 is 11.9 Å². The van der Waals surface area contributed by atoms with Crippen molar-refractivity contribution in [2.24, 2.45) is 50.2 Å². The molecular formula is C36H56O12. The number of hydrogen-bond donors (Lipinski definition) is 8. The predicted octanol–water partition coefficient (Wildman–Crippen LogP) is 1.50. The Kier molecular flexibility index (Phi) is 8.61. The van der Waals surface area contributed by atoms with Crippen LogP contribution < -0.4 is 0 Å². The van der Waals surface area contributed by atoms with Gasteiger partial charge in [0.2, 0.25) is 6.29 Å². The molecule has 272 valence electrons. The molecule has 1 heterocycles. The van der Waals surface area contributed by atoms with Crippen molar-refractivity contribution in [1.29, 1.82) is 0 Å². The number of esters is 1. The second-order valence-corrected chi connectivity index (χ2v) is 17.8. The van der Waals surface area contributed by atoms with Gasteiger partial charge in [-0.05, 0) is 91.8 Å². The molecule has 48 heavy (non-hydrogen) atoms. The highest BCUT2D eigenvalue weighted by molar-refractivity contribution is 5.79. The van der Waals surface area contributed by atoms with E-state index in [1.54, 1.807) is 6.92 Å². The average Bonchev–Trinajstić information content (AvgIpc) is 3.02. The number of carbonyl (C=O) groups is 2. The molecule has 8 N–H and O–H groups in total. The molecule has 4 saturated carbocycles. The second-order valence-electron chi connectivity index (χ2n) is 17.8. The molecule has 0 bridgehead atoms. The molecule has 1 saturated heterocycles. The van der Waals surface area contributed by atoms with Gasteiger partial charge in [0.25, 0.3) is 0 Å². The highest BCUT2D eigenvalue weighted by Gasteiger charge is 2.73. The normalized spacial score (nSPS) is 54.4. The summed E-state index contributed by atoms with van der Waals surface area (Å²) in [6, 6.07) is 0. The molecule has 0 amide bonds. The number of allylic oxidation sites excluding steroid dienone is 1. The molecule has 12 nitrogen and oxygen atoms in total. The lowest BCUT2D eigenvalue weighted by atomic mass is 9.33. The number of carboxylic acids is 1. The van der Waals surface area contributed by atoms with Gasteiger partial charge in [-0.3, -0.25) is 9.59 Å². The first-order valence-electron chi connectivity index (χ1n) is 17.7. The Morgan fingerprint density at radius 3 is 2.12 bits per heavy atom. The Morgan fingerprint density at radius 2 is 1.50 bits per heavy atom. The van der Waals surface area contributed by atoms with E-state index in [0.717, 1.165) is 5.57 Å². The zero-order valence-corrected chi connectivity index (χ0v) is 29.0. The SMILES string of the molecule is CC1(C)CC[C@]2(C(=O)O[C@@H]3O[C@H](CO)[C@@H](O)[C@H](O)[C@H]3O)CC[C@]3(C)C(=CC[C@@H]4[C@@]5(C)C[C@@H](O)[C@H](O)[C@](C)(C(=O)O)[C@@H]5CC[C@]43C)[C@@H]2[C@@H]1O. The van der Waals surface area contributed by atoms with Gasteiger partial charge in [-0.2, -0.15) is 0 Å². The van der Waals surface area contributed by atoms with Crippen molar-refractivity contribution in [3.05, 3.63) is 11.6 Å². The Bertz CT molecular complexity index is 1350. The molecule has 0 unspecified atom stereocenters. The number of ether oxygens (including phenoxy) is 2. The lowest BCUT2D eigenvalue weighted by Gasteiger charge is -2.71. The number of aliphatic hydroxyl groups excluding tert-OH is 7. The molecule has 12 heteroatoms. The molecule has 5 aliphatic carbocycles. The first-order chi connectivity index (χ1) is 22.2. The Hall–Kier alpha value is -1.64. The van der Waals surface area contributed by atoms with E-state index >= 15 is 0 Å². The average molecular weight is 681 g/mol. The summed E-state index contributed by atoms with van der Waals surface area (Å²) < 4.78 is 11.4. The summed E-state index contributed by atoms with van der Waals surface area (Å²) in [5.74, 6) is -2.82. The summed E-state index contributed by atoms with van der Waals surface area (Å²) >= 11 is 0. The van der Waals surface area contributed by atoms with Gasteiger partial charge in [0, 0.05) is 5.92 Å². The zero-order valence-electron chi connectivity index (χ0n) is 29.0. The van der Waals surface area contributed by atoms with E-state index in [1.807, 2.05) is 13.8 Å². The number of aliphatic hydroxyl groups is 7. The summed E-state index contributed by atoms with van der Waals surface area (Å²) in [5.41, 5.74) is -3.75. The number of fused-ring (bicyclic) bond motifs is 7. The molecule has 0 aromatic heterocycles. The summed E-state index contributed by atoms with van der Waals surface area (Å²) in [6.45, 7) is 11.4. The fraction of sp³-hybridized carbons (Fsp3) is 0.889. The van der Waals surface area contributed by atoms with E-state index in [-0.39, 0.29) is 18.3 Å². The van der Waals surface area contributed by atoms with Crippen LogP contribution in [0.4, 0.5) is 0 Å². The Labute approximate surface area is 282 Å². The van der Waals surface area contributed by atoms with Gasteiger partial charge in [-0.25, -0.2) is 0 Å². The monoisotopic (exact) mass is 680 g/mol. The van der Waals surface area contributed by atoms with E-state index in [2.05, 4.69) is 26.8 Å². The molecule has 5 fully saturated rings. The Balaban J connectivity index is 1.40. The van der Waals surface area contributed by atoms with Crippen LogP contribution in [0.15, 0.2) is 11.6 Å². The number of hydrogen-bond acceptors (Lipinski definition) is 11. The minimum atomic E-state index is -1.74. The van der Waals surface area contributed by atoms with Crippen LogP contribution in [0.1, 0.15) is 92.9 Å². The molecular weight excluding hydrogens is 624 g/mol. The van der Waals surface area contributed by atoms with Gasteiger partial charge in [0.15, 0.2) is 0 Å². The second kappa shape index (κ2) is 11.4. The third-order valence-corrected chi connectivity index (χ3v) is 15.4. The van der Waals surface area contributed by atoms with E-state index in [9.17, 15) is 50.4 Å². The van der Waals surface area contributed by atoms with Crippen molar-refractivity contribution in [2.75, 3.05) is 6.61 Å².